The molecule has 6 nitrogen and oxygen atoms in total. The molecule has 0 spiro atoms. The molecule has 0 amide bonds. The van der Waals surface area contributed by atoms with Gasteiger partial charge < -0.3 is 30.6 Å². The maximum absolute atomic E-state index is 10.00. The van der Waals surface area contributed by atoms with E-state index in [1.54, 1.807) is 0 Å². The van der Waals surface area contributed by atoms with Crippen molar-refractivity contribution in [1.29, 1.82) is 0 Å². The maximum atomic E-state index is 10.00. The molecule has 0 bridgehead atoms. The molecule has 0 radical (unpaired) electrons. The van der Waals surface area contributed by atoms with Gasteiger partial charge in [0.15, 0.2) is 0 Å². The molecule has 0 aliphatic heterocycles. The number of rotatable bonds is 69. The van der Waals surface area contributed by atoms with Crippen LogP contribution in [-0.2, 0) is 0 Å². The summed E-state index contributed by atoms with van der Waals surface area (Å²) in [4.78, 5) is 2.39. The fourth-order valence-corrected chi connectivity index (χ4v) is 11.4. The number of halogens is 2. The normalized spacial score (nSPS) is 12.4. The van der Waals surface area contributed by atoms with E-state index in [9.17, 15) is 15.3 Å². The summed E-state index contributed by atoms with van der Waals surface area (Å²) in [6, 6.07) is 0. The second-order valence-corrected chi connectivity index (χ2v) is 26.4. The lowest BCUT2D eigenvalue weighted by Crippen LogP contribution is -2.35. The standard InChI is InChI=1S/C39H77NO2.C21H43NO2.C18H35Br.BrH/c1-3-5-7-9-11-13-15-17-19-21-23-25-27-29-31-33-35-40(37-39(42)38-41)36-34-32-30-28-26-24-22-20-18-16-14-12-10-8-6-4-2;1-2-3-4-5-6-7-8-9-10-11-12-13-14-15-16-17-18-22-19-21(24)20-23;1-2-3-4-5-6-7-8-9-10-11-12-13-14-15-16-17-18-19;/h17-20,39,41-42H,3-16,21-38H2,1-2H3;9-10,21-24H,2-8,11-20H2,1H3;9-10H,2-8,11-18H2,1H3;1H/b19-17-,20-18-;2*10-9-;. The quantitative estimate of drug-likeness (QED) is 0.0237. The van der Waals surface area contributed by atoms with Gasteiger partial charge in [0, 0.05) is 18.4 Å². The molecule has 0 rings (SSSR count). The number of aliphatic hydroxyl groups is 4. The lowest BCUT2D eigenvalue weighted by Gasteiger charge is -2.24. The molecule has 0 saturated heterocycles. The summed E-state index contributed by atoms with van der Waals surface area (Å²) in [5, 5.41) is 41.5. The third-order valence-corrected chi connectivity index (χ3v) is 17.3. The Morgan fingerprint density at radius 1 is 0.302 bits per heavy atom. The minimum Gasteiger partial charge on any atom is -0.394 e. The number of unbranched alkanes of at least 4 members (excludes halogenated alkanes) is 48. The average molecular weight is 1350 g/mol. The van der Waals surface area contributed by atoms with Gasteiger partial charge in [-0.05, 0) is 148 Å². The van der Waals surface area contributed by atoms with Gasteiger partial charge in [-0.15, -0.1) is 17.0 Å². The molecule has 5 N–H and O–H groups in total. The van der Waals surface area contributed by atoms with E-state index in [1.165, 1.54) is 358 Å². The minimum absolute atomic E-state index is 0. The summed E-state index contributed by atoms with van der Waals surface area (Å²) in [6.45, 7) is 13.0. The molecule has 86 heavy (non-hydrogen) atoms. The van der Waals surface area contributed by atoms with E-state index in [1.807, 2.05) is 0 Å². The van der Waals surface area contributed by atoms with E-state index >= 15 is 0 Å². The van der Waals surface area contributed by atoms with E-state index in [0.29, 0.717) is 13.1 Å². The van der Waals surface area contributed by atoms with Crippen molar-refractivity contribution < 1.29 is 20.4 Å². The zero-order valence-electron chi connectivity index (χ0n) is 58.6. The molecule has 0 aromatic heterocycles. The molecule has 0 aromatic carbocycles. The van der Waals surface area contributed by atoms with Crippen LogP contribution in [0.5, 0.6) is 0 Å². The fourth-order valence-electron chi connectivity index (χ4n) is 11.0. The van der Waals surface area contributed by atoms with Gasteiger partial charge >= 0.3 is 0 Å². The summed E-state index contributed by atoms with van der Waals surface area (Å²) in [5.41, 5.74) is 0. The summed E-state index contributed by atoms with van der Waals surface area (Å²) in [7, 11) is 0. The molecule has 0 fully saturated rings. The summed E-state index contributed by atoms with van der Waals surface area (Å²) in [5.74, 6) is 0. The topological polar surface area (TPSA) is 96.2 Å². The Balaban J connectivity index is -0.000000644. The van der Waals surface area contributed by atoms with E-state index < -0.39 is 12.2 Å². The highest BCUT2D eigenvalue weighted by Crippen LogP contribution is 2.16. The SMILES string of the molecule is Br.CCCCCCCC/C=C\CCCCCCCCBr.CCCCCCCC/C=C\CCCCCCCCN(CCCCCCCC/C=C\CCCCCCCC)CC(O)CO.CCCCCCCC/C=C\CCCCCCCCNCC(O)CO. The van der Waals surface area contributed by atoms with Gasteiger partial charge in [-0.2, -0.15) is 0 Å². The van der Waals surface area contributed by atoms with Crippen LogP contribution in [0.3, 0.4) is 0 Å². The molecule has 0 aliphatic carbocycles. The monoisotopic (exact) mass is 1340 g/mol. The smallest absolute Gasteiger partial charge is 0.0897 e. The number of hydrogen-bond donors (Lipinski definition) is 5. The van der Waals surface area contributed by atoms with Crippen molar-refractivity contribution in [3.63, 3.8) is 0 Å². The highest BCUT2D eigenvalue weighted by molar-refractivity contribution is 9.09. The first kappa shape index (κ1) is 92.1. The Morgan fingerprint density at radius 3 is 0.767 bits per heavy atom. The molecule has 2 atom stereocenters. The Hall–Kier alpha value is -0.320. The third-order valence-electron chi connectivity index (χ3n) is 16.8. The van der Waals surface area contributed by atoms with Crippen LogP contribution in [0.2, 0.25) is 0 Å². The number of alkyl halides is 1. The first-order valence-corrected chi connectivity index (χ1v) is 39.3. The zero-order chi connectivity index (χ0) is 62.4. The molecule has 0 aliphatic rings. The van der Waals surface area contributed by atoms with Crippen molar-refractivity contribution >= 4 is 32.9 Å². The van der Waals surface area contributed by atoms with Gasteiger partial charge in [-0.25, -0.2) is 0 Å². The van der Waals surface area contributed by atoms with Crippen molar-refractivity contribution in [2.24, 2.45) is 0 Å². The Bertz CT molecular complexity index is 1220. The van der Waals surface area contributed by atoms with Gasteiger partial charge in [0.25, 0.3) is 0 Å². The predicted octanol–water partition coefficient (Wildman–Crippen LogP) is 24.7. The van der Waals surface area contributed by atoms with Crippen molar-refractivity contribution in [2.45, 2.75) is 399 Å². The van der Waals surface area contributed by atoms with Gasteiger partial charge in [0.1, 0.15) is 0 Å². The molecular formula is C78H156Br2N2O4. The fraction of sp³-hybridized carbons (Fsp3) is 0.897. The van der Waals surface area contributed by atoms with Crippen LogP contribution in [-0.4, -0.2) is 88.8 Å². The summed E-state index contributed by atoms with van der Waals surface area (Å²) < 4.78 is 0. The Morgan fingerprint density at radius 2 is 0.523 bits per heavy atom. The lowest BCUT2D eigenvalue weighted by atomic mass is 10.1. The van der Waals surface area contributed by atoms with Crippen LogP contribution in [0, 0.1) is 0 Å². The number of nitrogens with zero attached hydrogens (tertiary/aromatic N) is 1. The van der Waals surface area contributed by atoms with Gasteiger partial charge in [0.2, 0.25) is 0 Å². The van der Waals surface area contributed by atoms with Crippen LogP contribution < -0.4 is 5.32 Å². The van der Waals surface area contributed by atoms with Gasteiger partial charge in [0.05, 0.1) is 25.4 Å². The predicted molar refractivity (Wildman–Crippen MR) is 397 cm³/mol. The van der Waals surface area contributed by atoms with E-state index in [-0.39, 0.29) is 30.2 Å². The highest BCUT2D eigenvalue weighted by Gasteiger charge is 2.11. The van der Waals surface area contributed by atoms with E-state index in [2.05, 4.69) is 102 Å². The molecule has 0 aromatic rings. The van der Waals surface area contributed by atoms with Crippen LogP contribution in [0.15, 0.2) is 48.6 Å². The molecule has 8 heteroatoms. The van der Waals surface area contributed by atoms with Crippen molar-refractivity contribution in [1.82, 2.24) is 10.2 Å². The molecule has 0 saturated carbocycles. The number of aliphatic hydroxyl groups excluding tert-OH is 4. The molecule has 516 valence electrons. The van der Waals surface area contributed by atoms with Crippen molar-refractivity contribution in [3.8, 4) is 0 Å². The van der Waals surface area contributed by atoms with Crippen molar-refractivity contribution in [3.05, 3.63) is 48.6 Å². The largest absolute Gasteiger partial charge is 0.394 e. The summed E-state index contributed by atoms with van der Waals surface area (Å²) >= 11 is 3.48. The first-order valence-electron chi connectivity index (χ1n) is 38.1. The van der Waals surface area contributed by atoms with Crippen molar-refractivity contribution in [2.75, 3.05) is 51.3 Å². The lowest BCUT2D eigenvalue weighted by molar-refractivity contribution is 0.0579. The Kier molecular flexibility index (Phi) is 95.2. The van der Waals surface area contributed by atoms with Gasteiger partial charge in [-0.3, -0.25) is 0 Å². The molecular weight excluding hydrogens is 1190 g/mol. The van der Waals surface area contributed by atoms with Crippen LogP contribution in [0.25, 0.3) is 0 Å². The van der Waals surface area contributed by atoms with Crippen LogP contribution in [0.1, 0.15) is 387 Å². The number of allylic oxidation sites excluding steroid dienone is 8. The third kappa shape index (κ3) is 90.1. The summed E-state index contributed by atoms with van der Waals surface area (Å²) in [6.07, 6.45) is 93.5. The number of nitrogens with one attached hydrogen (secondary N) is 1. The van der Waals surface area contributed by atoms with Gasteiger partial charge in [-0.1, -0.05) is 323 Å². The Labute approximate surface area is 559 Å². The minimum atomic E-state index is -0.612. The van der Waals surface area contributed by atoms with E-state index in [4.69, 9.17) is 5.11 Å². The highest BCUT2D eigenvalue weighted by atomic mass is 79.9. The first-order chi connectivity index (χ1) is 42.0. The van der Waals surface area contributed by atoms with E-state index in [0.717, 1.165) is 26.1 Å². The molecule has 0 heterocycles. The zero-order valence-corrected chi connectivity index (χ0v) is 61.8. The average Bonchev–Trinajstić information content (AvgIpc) is 3.52. The van der Waals surface area contributed by atoms with Crippen LogP contribution >= 0.6 is 32.9 Å². The number of hydrogen-bond acceptors (Lipinski definition) is 6. The second kappa shape index (κ2) is 88.9. The second-order valence-electron chi connectivity index (χ2n) is 25.6. The van der Waals surface area contributed by atoms with Crippen LogP contribution in [0.4, 0.5) is 0 Å². The molecule has 2 unspecified atom stereocenters. The maximum Gasteiger partial charge on any atom is 0.0897 e.